The SMILES string of the molecule is CC(C)C(NC(=O)OCC1c2ccccc2-c2ccccc21)C(=O)N1NC(=O)CC1C(=O)O. The lowest BCUT2D eigenvalue weighted by atomic mass is 9.98. The van der Waals surface area contributed by atoms with Crippen molar-refractivity contribution in [3.63, 3.8) is 0 Å². The quantitative estimate of drug-likeness (QED) is 0.619. The zero-order valence-corrected chi connectivity index (χ0v) is 18.3. The number of carbonyl (C=O) groups is 4. The molecule has 2 aliphatic rings. The number of amides is 3. The van der Waals surface area contributed by atoms with Crippen LogP contribution in [0.2, 0.25) is 0 Å². The number of fused-ring (bicyclic) bond motifs is 3. The van der Waals surface area contributed by atoms with E-state index in [1.807, 2.05) is 48.5 Å². The Balaban J connectivity index is 1.45. The predicted molar refractivity (Wildman–Crippen MR) is 118 cm³/mol. The second kappa shape index (κ2) is 8.93. The van der Waals surface area contributed by atoms with Crippen LogP contribution in [0.4, 0.5) is 4.79 Å². The van der Waals surface area contributed by atoms with Crippen LogP contribution in [0.5, 0.6) is 0 Å². The van der Waals surface area contributed by atoms with E-state index in [1.54, 1.807) is 13.8 Å². The molecule has 1 fully saturated rings. The summed E-state index contributed by atoms with van der Waals surface area (Å²) in [6.07, 6.45) is -1.13. The zero-order chi connectivity index (χ0) is 23.7. The molecule has 4 rings (SSSR count). The maximum absolute atomic E-state index is 12.9. The molecule has 1 aliphatic carbocycles. The zero-order valence-electron chi connectivity index (χ0n) is 18.3. The molecule has 1 aliphatic heterocycles. The minimum atomic E-state index is -1.32. The molecule has 33 heavy (non-hydrogen) atoms. The lowest BCUT2D eigenvalue weighted by Crippen LogP contribution is -2.57. The molecule has 9 nitrogen and oxygen atoms in total. The van der Waals surface area contributed by atoms with Gasteiger partial charge in [0.05, 0.1) is 6.42 Å². The largest absolute Gasteiger partial charge is 0.480 e. The van der Waals surface area contributed by atoms with Crippen LogP contribution in [0.15, 0.2) is 48.5 Å². The minimum absolute atomic E-state index is 0.0804. The number of nitrogens with one attached hydrogen (secondary N) is 2. The fourth-order valence-corrected chi connectivity index (χ4v) is 4.36. The van der Waals surface area contributed by atoms with Crippen molar-refractivity contribution < 1.29 is 29.0 Å². The summed E-state index contributed by atoms with van der Waals surface area (Å²) < 4.78 is 5.50. The molecule has 3 amide bonds. The van der Waals surface area contributed by atoms with Gasteiger partial charge in [0.15, 0.2) is 6.04 Å². The van der Waals surface area contributed by atoms with Crippen LogP contribution in [0.3, 0.4) is 0 Å². The Morgan fingerprint density at radius 3 is 2.21 bits per heavy atom. The summed E-state index contributed by atoms with van der Waals surface area (Å²) in [5.74, 6) is -3.09. The van der Waals surface area contributed by atoms with Gasteiger partial charge in [0.2, 0.25) is 5.91 Å². The Labute approximate surface area is 190 Å². The maximum atomic E-state index is 12.9. The number of aliphatic carboxylic acids is 1. The van der Waals surface area contributed by atoms with E-state index in [4.69, 9.17) is 4.74 Å². The van der Waals surface area contributed by atoms with E-state index in [0.717, 1.165) is 27.3 Å². The van der Waals surface area contributed by atoms with Crippen LogP contribution < -0.4 is 10.7 Å². The number of hydrazine groups is 1. The highest BCUT2D eigenvalue weighted by Crippen LogP contribution is 2.44. The second-order valence-electron chi connectivity index (χ2n) is 8.49. The number of rotatable bonds is 6. The molecule has 0 spiro atoms. The highest BCUT2D eigenvalue weighted by Gasteiger charge is 2.42. The molecule has 0 saturated carbocycles. The molecular formula is C24H25N3O6. The average molecular weight is 451 g/mol. The van der Waals surface area contributed by atoms with Gasteiger partial charge in [-0.05, 0) is 28.2 Å². The van der Waals surface area contributed by atoms with Crippen molar-refractivity contribution >= 4 is 23.9 Å². The molecule has 0 radical (unpaired) electrons. The van der Waals surface area contributed by atoms with Crippen LogP contribution >= 0.6 is 0 Å². The van der Waals surface area contributed by atoms with E-state index < -0.39 is 36.0 Å². The standard InChI is InChI=1S/C24H25N3O6/c1-13(2)21(22(29)27-19(23(30)31)11-20(28)26-27)25-24(32)33-12-18-16-9-5-3-7-14(16)15-8-4-6-10-17(15)18/h3-10,13,18-19,21H,11-12H2,1-2H3,(H,25,32)(H,26,28)(H,30,31). The van der Waals surface area contributed by atoms with Gasteiger partial charge in [0, 0.05) is 5.92 Å². The number of carboxylic acid groups (broad SMARTS) is 1. The van der Waals surface area contributed by atoms with E-state index in [0.29, 0.717) is 0 Å². The van der Waals surface area contributed by atoms with Crippen molar-refractivity contribution in [2.24, 2.45) is 5.92 Å². The summed E-state index contributed by atoms with van der Waals surface area (Å²) in [6.45, 7) is 3.50. The topological polar surface area (TPSA) is 125 Å². The molecule has 1 heterocycles. The molecular weight excluding hydrogens is 426 g/mol. The van der Waals surface area contributed by atoms with Crippen LogP contribution in [-0.2, 0) is 19.1 Å². The molecule has 2 atom stereocenters. The lowest BCUT2D eigenvalue weighted by molar-refractivity contribution is -0.151. The van der Waals surface area contributed by atoms with Crippen molar-refractivity contribution in [2.75, 3.05) is 6.61 Å². The van der Waals surface area contributed by atoms with Gasteiger partial charge in [-0.2, -0.15) is 0 Å². The summed E-state index contributed by atoms with van der Waals surface area (Å²) in [6, 6.07) is 13.5. The Kier molecular flexibility index (Phi) is 6.04. The van der Waals surface area contributed by atoms with Gasteiger partial charge in [-0.1, -0.05) is 62.4 Å². The molecule has 0 aromatic heterocycles. The number of carboxylic acids is 1. The normalized spacial score (nSPS) is 17.8. The van der Waals surface area contributed by atoms with Gasteiger partial charge in [0.1, 0.15) is 12.6 Å². The molecule has 2 aromatic rings. The molecule has 1 saturated heterocycles. The molecule has 3 N–H and O–H groups in total. The van der Waals surface area contributed by atoms with Crippen LogP contribution in [0.25, 0.3) is 11.1 Å². The summed E-state index contributed by atoms with van der Waals surface area (Å²) in [5.41, 5.74) is 6.59. The number of ether oxygens (including phenoxy) is 1. The highest BCUT2D eigenvalue weighted by atomic mass is 16.5. The molecule has 9 heteroatoms. The molecule has 2 aromatic carbocycles. The number of hydrogen-bond acceptors (Lipinski definition) is 5. The number of hydrogen-bond donors (Lipinski definition) is 3. The first kappa shape index (κ1) is 22.3. The minimum Gasteiger partial charge on any atom is -0.480 e. The first-order chi connectivity index (χ1) is 15.8. The van der Waals surface area contributed by atoms with E-state index in [2.05, 4.69) is 10.7 Å². The third-order valence-electron chi connectivity index (χ3n) is 6.01. The smallest absolute Gasteiger partial charge is 0.407 e. The summed E-state index contributed by atoms with van der Waals surface area (Å²) >= 11 is 0. The van der Waals surface area contributed by atoms with Crippen molar-refractivity contribution in [1.82, 2.24) is 15.8 Å². The third-order valence-corrected chi connectivity index (χ3v) is 6.01. The van der Waals surface area contributed by atoms with Crippen molar-refractivity contribution in [2.45, 2.75) is 38.3 Å². The van der Waals surface area contributed by atoms with E-state index in [9.17, 15) is 24.3 Å². The van der Waals surface area contributed by atoms with Crippen LogP contribution in [0, 0.1) is 5.92 Å². The molecule has 2 unspecified atom stereocenters. The maximum Gasteiger partial charge on any atom is 0.407 e. The van der Waals surface area contributed by atoms with E-state index in [1.165, 1.54) is 0 Å². The van der Waals surface area contributed by atoms with Gasteiger partial charge in [-0.15, -0.1) is 0 Å². The fraction of sp³-hybridized carbons (Fsp3) is 0.333. The van der Waals surface area contributed by atoms with Crippen molar-refractivity contribution in [3.8, 4) is 11.1 Å². The monoisotopic (exact) mass is 451 g/mol. The Morgan fingerprint density at radius 2 is 1.67 bits per heavy atom. The third kappa shape index (κ3) is 4.26. The predicted octanol–water partition coefficient (Wildman–Crippen LogP) is 2.27. The number of nitrogens with zero attached hydrogens (tertiary/aromatic N) is 1. The Hall–Kier alpha value is -3.88. The average Bonchev–Trinajstić information content (AvgIpc) is 3.34. The van der Waals surface area contributed by atoms with Crippen LogP contribution in [0.1, 0.15) is 37.3 Å². The van der Waals surface area contributed by atoms with E-state index >= 15 is 0 Å². The van der Waals surface area contributed by atoms with E-state index in [-0.39, 0.29) is 24.9 Å². The number of alkyl carbamates (subject to hydrolysis) is 1. The first-order valence-electron chi connectivity index (χ1n) is 10.7. The van der Waals surface area contributed by atoms with Crippen molar-refractivity contribution in [1.29, 1.82) is 0 Å². The summed E-state index contributed by atoms with van der Waals surface area (Å²) in [7, 11) is 0. The molecule has 0 bridgehead atoms. The number of carbonyl (C=O) groups excluding carboxylic acids is 3. The number of benzene rings is 2. The van der Waals surface area contributed by atoms with Crippen LogP contribution in [-0.4, -0.2) is 52.7 Å². The van der Waals surface area contributed by atoms with Gasteiger partial charge < -0.3 is 15.2 Å². The summed E-state index contributed by atoms with van der Waals surface area (Å²) in [5, 5.41) is 12.6. The second-order valence-corrected chi connectivity index (χ2v) is 8.49. The van der Waals surface area contributed by atoms with Gasteiger partial charge in [0.25, 0.3) is 5.91 Å². The fourth-order valence-electron chi connectivity index (χ4n) is 4.36. The Morgan fingerprint density at radius 1 is 1.09 bits per heavy atom. The highest BCUT2D eigenvalue weighted by molar-refractivity contribution is 5.96. The van der Waals surface area contributed by atoms with Gasteiger partial charge in [-0.25, -0.2) is 14.6 Å². The lowest BCUT2D eigenvalue weighted by Gasteiger charge is -2.28. The van der Waals surface area contributed by atoms with Crippen molar-refractivity contribution in [3.05, 3.63) is 59.7 Å². The van der Waals surface area contributed by atoms with Gasteiger partial charge >= 0.3 is 12.1 Å². The Bertz CT molecular complexity index is 1070. The first-order valence-corrected chi connectivity index (χ1v) is 10.7. The molecule has 172 valence electrons. The van der Waals surface area contributed by atoms with Gasteiger partial charge in [-0.3, -0.25) is 15.0 Å². The summed E-state index contributed by atoms with van der Waals surface area (Å²) in [4.78, 5) is 48.7.